The Kier molecular flexibility index (Phi) is 10.6. The van der Waals surface area contributed by atoms with Crippen LogP contribution in [0.5, 0.6) is 5.75 Å². The Bertz CT molecular complexity index is 1550. The van der Waals surface area contributed by atoms with E-state index in [-0.39, 0.29) is 29.5 Å². The van der Waals surface area contributed by atoms with Gasteiger partial charge in [0.25, 0.3) is 0 Å². The molecular weight excluding hydrogens is 543 g/mol. The number of thioether (sulfide) groups is 1. The Morgan fingerprint density at radius 2 is 2.00 bits per heavy atom. The van der Waals surface area contributed by atoms with Crippen LogP contribution in [-0.2, 0) is 11.3 Å². The van der Waals surface area contributed by atoms with Crippen LogP contribution in [0.2, 0.25) is 0 Å². The number of amides is 3. The summed E-state index contributed by atoms with van der Waals surface area (Å²) < 4.78 is 13.9. The van der Waals surface area contributed by atoms with Crippen LogP contribution < -0.4 is 10.2 Å². The Labute approximate surface area is 243 Å². The van der Waals surface area contributed by atoms with Crippen molar-refractivity contribution in [2.24, 2.45) is 4.99 Å². The summed E-state index contributed by atoms with van der Waals surface area (Å²) in [7, 11) is 1.54. The van der Waals surface area contributed by atoms with Crippen LogP contribution in [0.3, 0.4) is 0 Å². The molecule has 0 aliphatic heterocycles. The van der Waals surface area contributed by atoms with Gasteiger partial charge in [-0.3, -0.25) is 24.9 Å². The number of phenolic OH excluding ortho intramolecular Hbond substituents is 1. The molecule has 0 saturated carbocycles. The van der Waals surface area contributed by atoms with E-state index in [9.17, 15) is 24.3 Å². The molecule has 212 valence electrons. The average Bonchev–Trinajstić information content (AvgIpc) is 2.94. The molecule has 41 heavy (non-hydrogen) atoms. The molecule has 0 radical (unpaired) electrons. The number of guanidine groups is 1. The number of benzene rings is 2. The highest BCUT2D eigenvalue weighted by molar-refractivity contribution is 8.03. The van der Waals surface area contributed by atoms with Gasteiger partial charge in [0.1, 0.15) is 23.3 Å². The number of urea groups is 1. The molecule has 3 rings (SSSR count). The van der Waals surface area contributed by atoms with Crippen molar-refractivity contribution in [2.75, 3.05) is 11.9 Å². The molecule has 3 amide bonds. The third-order valence-corrected chi connectivity index (χ3v) is 7.08. The Balaban J connectivity index is 2.07. The quantitative estimate of drug-likeness (QED) is 0.141. The van der Waals surface area contributed by atoms with Crippen molar-refractivity contribution in [3.05, 3.63) is 87.8 Å². The SMILES string of the molecule is CC/C=C(\C)Sc1cc(N=C(NC(=O)N(C)c2cncc(C)c2)N(C=O)Cc2ccc(F)c(C#N)c2)c(O)cc1C. The molecule has 0 unspecified atom stereocenters. The summed E-state index contributed by atoms with van der Waals surface area (Å²) in [6.45, 7) is 7.59. The van der Waals surface area contributed by atoms with Crippen LogP contribution in [0, 0.1) is 31.0 Å². The zero-order chi connectivity index (χ0) is 30.1. The third kappa shape index (κ3) is 8.16. The Hall–Kier alpha value is -4.69. The van der Waals surface area contributed by atoms with E-state index in [0.717, 1.165) is 38.3 Å². The van der Waals surface area contributed by atoms with Gasteiger partial charge in [0.05, 0.1) is 24.0 Å². The van der Waals surface area contributed by atoms with Gasteiger partial charge in [-0.15, -0.1) is 0 Å². The Morgan fingerprint density at radius 1 is 1.24 bits per heavy atom. The number of nitrogens with zero attached hydrogens (tertiary/aromatic N) is 5. The number of carbonyl (C=O) groups excluding carboxylic acids is 2. The maximum atomic E-state index is 13.9. The number of hydrogen-bond donors (Lipinski definition) is 2. The molecule has 0 bridgehead atoms. The molecule has 9 nitrogen and oxygen atoms in total. The Morgan fingerprint density at radius 3 is 2.66 bits per heavy atom. The first kappa shape index (κ1) is 30.8. The number of carbonyl (C=O) groups is 2. The number of aliphatic imine (C=N–C) groups is 1. The number of hydrogen-bond acceptors (Lipinski definition) is 7. The zero-order valence-corrected chi connectivity index (χ0v) is 24.3. The fourth-order valence-corrected chi connectivity index (χ4v) is 4.76. The highest BCUT2D eigenvalue weighted by Crippen LogP contribution is 2.37. The highest BCUT2D eigenvalue weighted by atomic mass is 32.2. The predicted octanol–water partition coefficient (Wildman–Crippen LogP) is 6.31. The van der Waals surface area contributed by atoms with Crippen molar-refractivity contribution in [1.29, 1.82) is 5.26 Å². The van der Waals surface area contributed by atoms with Gasteiger partial charge >= 0.3 is 6.03 Å². The number of pyridine rings is 1. The summed E-state index contributed by atoms with van der Waals surface area (Å²) in [6.07, 6.45) is 6.57. The number of phenols is 1. The minimum absolute atomic E-state index is 0.126. The van der Waals surface area contributed by atoms with E-state index in [2.05, 4.69) is 21.4 Å². The van der Waals surface area contributed by atoms with Gasteiger partial charge in [0.15, 0.2) is 0 Å². The molecular formula is C30H31FN6O3S. The number of aryl methyl sites for hydroxylation is 2. The first-order chi connectivity index (χ1) is 19.6. The van der Waals surface area contributed by atoms with Gasteiger partial charge in [-0.25, -0.2) is 14.2 Å². The second kappa shape index (κ2) is 14.1. The van der Waals surface area contributed by atoms with E-state index in [0.29, 0.717) is 17.7 Å². The summed E-state index contributed by atoms with van der Waals surface area (Å²) >= 11 is 1.51. The molecule has 0 fully saturated rings. The molecule has 3 aromatic rings. The molecule has 2 N–H and O–H groups in total. The van der Waals surface area contributed by atoms with E-state index >= 15 is 0 Å². The highest BCUT2D eigenvalue weighted by Gasteiger charge is 2.20. The second-order valence-electron chi connectivity index (χ2n) is 9.24. The number of allylic oxidation sites excluding steroid dienone is 2. The van der Waals surface area contributed by atoms with Gasteiger partial charge in [-0.05, 0) is 79.1 Å². The maximum Gasteiger partial charge on any atom is 0.328 e. The van der Waals surface area contributed by atoms with Gasteiger partial charge in [-0.2, -0.15) is 5.26 Å². The van der Waals surface area contributed by atoms with Crippen LogP contribution in [-0.4, -0.2) is 40.4 Å². The van der Waals surface area contributed by atoms with Gasteiger partial charge < -0.3 is 5.11 Å². The molecule has 1 aromatic heterocycles. The van der Waals surface area contributed by atoms with Gasteiger partial charge in [0, 0.05) is 18.1 Å². The predicted molar refractivity (Wildman–Crippen MR) is 158 cm³/mol. The normalized spacial score (nSPS) is 11.5. The van der Waals surface area contributed by atoms with Crippen LogP contribution in [0.1, 0.15) is 42.5 Å². The molecule has 0 aliphatic carbocycles. The van der Waals surface area contributed by atoms with Gasteiger partial charge in [0.2, 0.25) is 12.4 Å². The summed E-state index contributed by atoms with van der Waals surface area (Å²) in [6, 6.07) is 10.0. The molecule has 0 saturated heterocycles. The van der Waals surface area contributed by atoms with E-state index in [4.69, 9.17) is 0 Å². The largest absolute Gasteiger partial charge is 0.506 e. The van der Waals surface area contributed by atoms with Crippen molar-refractivity contribution in [1.82, 2.24) is 15.2 Å². The molecule has 11 heteroatoms. The summed E-state index contributed by atoms with van der Waals surface area (Å²) in [5, 5.41) is 22.6. The number of anilines is 1. The number of halogens is 1. The monoisotopic (exact) mass is 574 g/mol. The first-order valence-corrected chi connectivity index (χ1v) is 13.5. The molecule has 1 heterocycles. The molecule has 0 spiro atoms. The van der Waals surface area contributed by atoms with Crippen molar-refractivity contribution in [3.63, 3.8) is 0 Å². The van der Waals surface area contributed by atoms with Crippen LogP contribution in [0.4, 0.5) is 20.6 Å². The average molecular weight is 575 g/mol. The van der Waals surface area contributed by atoms with Crippen molar-refractivity contribution < 1.29 is 19.1 Å². The number of aromatic nitrogens is 1. The van der Waals surface area contributed by atoms with Crippen LogP contribution in [0.25, 0.3) is 0 Å². The first-order valence-electron chi connectivity index (χ1n) is 12.7. The van der Waals surface area contributed by atoms with E-state index in [1.54, 1.807) is 30.5 Å². The lowest BCUT2D eigenvalue weighted by molar-refractivity contribution is -0.115. The second-order valence-corrected chi connectivity index (χ2v) is 10.5. The van der Waals surface area contributed by atoms with Crippen molar-refractivity contribution in [3.8, 4) is 11.8 Å². The van der Waals surface area contributed by atoms with Gasteiger partial charge in [-0.1, -0.05) is 30.8 Å². The zero-order valence-electron chi connectivity index (χ0n) is 23.5. The molecule has 0 aliphatic rings. The van der Waals surface area contributed by atoms with E-state index < -0.39 is 11.8 Å². The number of nitriles is 1. The van der Waals surface area contributed by atoms with E-state index in [1.807, 2.05) is 27.7 Å². The molecule has 2 aromatic carbocycles. The third-order valence-electron chi connectivity index (χ3n) is 5.94. The number of aromatic hydroxyl groups is 1. The lowest BCUT2D eigenvalue weighted by atomic mass is 10.1. The van der Waals surface area contributed by atoms with E-state index in [1.165, 1.54) is 42.0 Å². The summed E-state index contributed by atoms with van der Waals surface area (Å²) in [5.41, 5.74) is 2.55. The van der Waals surface area contributed by atoms with Crippen LogP contribution >= 0.6 is 11.8 Å². The maximum absolute atomic E-state index is 13.9. The number of nitrogens with one attached hydrogen (secondary N) is 1. The summed E-state index contributed by atoms with van der Waals surface area (Å²) in [5.74, 6) is -1.02. The fraction of sp³-hybridized carbons (Fsp3) is 0.233. The smallest absolute Gasteiger partial charge is 0.328 e. The fourth-order valence-electron chi connectivity index (χ4n) is 3.78. The topological polar surface area (TPSA) is 122 Å². The number of rotatable bonds is 8. The van der Waals surface area contributed by atoms with Crippen LogP contribution in [0.15, 0.2) is 69.7 Å². The van der Waals surface area contributed by atoms with Crippen molar-refractivity contribution >= 4 is 41.5 Å². The minimum atomic E-state index is -0.688. The minimum Gasteiger partial charge on any atom is -0.506 e. The lowest BCUT2D eigenvalue weighted by Gasteiger charge is -2.24. The van der Waals surface area contributed by atoms with Crippen molar-refractivity contribution in [2.45, 2.75) is 45.6 Å². The standard InChI is InChI=1S/C30H31FN6O3S/c1-6-7-21(4)41-28-13-26(27(39)11-20(28)3)34-29(35-30(40)36(5)24-10-19(2)15-33-16-24)37(18-38)17-22-8-9-25(31)23(12-22)14-32/h7-13,15-16,18,39H,6,17H2,1-5H3,(H,34,35,40)/b21-7+. The molecule has 0 atom stereocenters. The lowest BCUT2D eigenvalue weighted by Crippen LogP contribution is -2.48. The summed E-state index contributed by atoms with van der Waals surface area (Å²) in [4.78, 5) is 38.5.